The number of halogens is 3. The number of nitrogens with one attached hydrogen (secondary N) is 1. The van der Waals surface area contributed by atoms with Gasteiger partial charge in [-0.3, -0.25) is 0 Å². The predicted octanol–water partition coefficient (Wildman–Crippen LogP) is 4.12. The van der Waals surface area contributed by atoms with Gasteiger partial charge >= 0.3 is 202 Å². The first-order valence-electron chi connectivity index (χ1n) is 9.98. The van der Waals surface area contributed by atoms with E-state index in [0.717, 1.165) is 12.1 Å². The summed E-state index contributed by atoms with van der Waals surface area (Å²) >= 11 is 8.06. The van der Waals surface area contributed by atoms with E-state index in [4.69, 9.17) is 21.1 Å². The van der Waals surface area contributed by atoms with Gasteiger partial charge in [-0.15, -0.1) is 0 Å². The Kier molecular flexibility index (Phi) is 5.62. The van der Waals surface area contributed by atoms with Gasteiger partial charge in [0.25, 0.3) is 0 Å². The first kappa shape index (κ1) is 21.9. The fraction of sp³-hybridized carbons (Fsp3) is 0.182. The van der Waals surface area contributed by atoms with E-state index in [1.165, 1.54) is 6.07 Å². The van der Waals surface area contributed by atoms with Crippen LogP contribution in [0.2, 0.25) is 5.02 Å². The average molecular weight is 553 g/mol. The van der Waals surface area contributed by atoms with Crippen molar-refractivity contribution in [2.24, 2.45) is 0 Å². The standard InChI is InChI=1S/C22H15ClF2N4O3.Mo/c1-2-15-19-16(5-6-26-15)31-7-8-32-20-14(25)4-3-13(24)17(20)18-12(23)9-11-21(28-18)29(19)10-27-22(11)30;/h3-6,9H,2,7-8H2,1H3,(H,27,30);. The minimum atomic E-state index is -0.769. The number of aromatic nitrogens is 4. The first-order chi connectivity index (χ1) is 15.9. The summed E-state index contributed by atoms with van der Waals surface area (Å²) in [5.41, 5.74) is 0.791. The third kappa shape index (κ3) is 3.59. The van der Waals surface area contributed by atoms with Crippen LogP contribution >= 0.6 is 11.6 Å². The van der Waals surface area contributed by atoms with Crippen molar-refractivity contribution < 1.29 is 37.6 Å². The topological polar surface area (TPSA) is 82.0 Å². The van der Waals surface area contributed by atoms with Crippen LogP contribution in [0.5, 0.6) is 11.5 Å². The van der Waals surface area contributed by atoms with Crippen LogP contribution in [-0.2, 0) is 25.8 Å². The van der Waals surface area contributed by atoms with Gasteiger partial charge in [0.2, 0.25) is 0 Å². The van der Waals surface area contributed by atoms with Gasteiger partial charge in [-0.2, -0.15) is 0 Å². The van der Waals surface area contributed by atoms with Crippen molar-refractivity contribution in [1.29, 1.82) is 0 Å². The van der Waals surface area contributed by atoms with E-state index < -0.39 is 17.2 Å². The molecule has 0 radical (unpaired) electrons. The van der Waals surface area contributed by atoms with Crippen molar-refractivity contribution in [3.8, 4) is 28.4 Å². The Morgan fingerprint density at radius 1 is 1.21 bits per heavy atom. The monoisotopic (exact) mass is 554 g/mol. The Morgan fingerprint density at radius 2 is 1.97 bits per heavy atom. The number of ether oxygens (including phenoxy) is 2. The van der Waals surface area contributed by atoms with E-state index in [1.807, 2.05) is 6.92 Å². The van der Waals surface area contributed by atoms with E-state index >= 15 is 0 Å². The van der Waals surface area contributed by atoms with E-state index in [9.17, 15) is 13.6 Å². The molecule has 2 bridgehead atoms. The van der Waals surface area contributed by atoms with E-state index in [-0.39, 0.29) is 46.3 Å². The number of aromatic amines is 1. The molecule has 168 valence electrons. The molecular weight excluding hydrogens is 538 g/mol. The summed E-state index contributed by atoms with van der Waals surface area (Å²) in [6.45, 7) is 1.94. The van der Waals surface area contributed by atoms with E-state index in [0.29, 0.717) is 27.4 Å². The van der Waals surface area contributed by atoms with Crippen LogP contribution < -0.4 is 15.0 Å². The Hall–Kier alpha value is -2.90. The van der Waals surface area contributed by atoms with Crippen LogP contribution in [0.4, 0.5) is 8.78 Å². The fourth-order valence-electron chi connectivity index (χ4n) is 3.80. The molecule has 0 atom stereocenters. The molecule has 7 nitrogen and oxygen atoms in total. The molecule has 0 saturated carbocycles. The Morgan fingerprint density at radius 3 is 2.76 bits per heavy atom. The van der Waals surface area contributed by atoms with Crippen molar-refractivity contribution >= 4 is 22.6 Å². The number of aryl methyl sites for hydroxylation is 1. The average Bonchev–Trinajstić information content (AvgIpc) is 2.79. The summed E-state index contributed by atoms with van der Waals surface area (Å²) in [5, 5.41) is 0.151. The molecule has 4 heterocycles. The number of nitrogens with zero attached hydrogens (tertiary/aromatic N) is 3. The van der Waals surface area contributed by atoms with Gasteiger partial charge in [-0.25, -0.2) is 0 Å². The maximum absolute atomic E-state index is 15.0. The van der Waals surface area contributed by atoms with E-state index in [2.05, 4.69) is 15.0 Å². The van der Waals surface area contributed by atoms with Crippen LogP contribution in [0.25, 0.3) is 28.0 Å². The summed E-state index contributed by atoms with van der Waals surface area (Å²) in [6.07, 6.45) is 2.19. The molecule has 0 saturated heterocycles. The van der Waals surface area contributed by atoms with Gasteiger partial charge in [0, 0.05) is 0 Å². The molecule has 4 aromatic rings. The molecule has 0 unspecified atom stereocenters. The molecule has 5 rings (SSSR count). The van der Waals surface area contributed by atoms with Crippen LogP contribution in [0.3, 0.4) is 0 Å². The number of H-pyrrole nitrogens is 1. The van der Waals surface area contributed by atoms with Crippen molar-refractivity contribution in [1.82, 2.24) is 19.5 Å². The fourth-order valence-corrected chi connectivity index (χ4v) is 4.71. The Balaban J connectivity index is 2.00. The molecule has 1 N–H and O–H groups in total. The quantitative estimate of drug-likeness (QED) is 0.359. The number of hydrogen-bond acceptors (Lipinski definition) is 5. The van der Waals surface area contributed by atoms with Gasteiger partial charge in [-0.05, 0) is 0 Å². The minimum absolute atomic E-state index is 0.0194. The number of pyridine rings is 2. The van der Waals surface area contributed by atoms with Crippen LogP contribution in [0.1, 0.15) is 12.6 Å². The normalized spacial score (nSPS) is 12.8. The Bertz CT molecular complexity index is 1550. The molecule has 3 aromatic heterocycles. The van der Waals surface area contributed by atoms with Gasteiger partial charge in [0.1, 0.15) is 0 Å². The van der Waals surface area contributed by atoms with Crippen molar-refractivity contribution in [2.75, 3.05) is 13.2 Å². The van der Waals surface area contributed by atoms with Crippen molar-refractivity contribution in [3.05, 3.63) is 67.0 Å². The maximum atomic E-state index is 15.0. The second-order valence-electron chi connectivity index (χ2n) is 7.17. The van der Waals surface area contributed by atoms with Gasteiger partial charge in [-0.1, -0.05) is 0 Å². The molecule has 33 heavy (non-hydrogen) atoms. The molecule has 1 aliphatic heterocycles. The summed E-state index contributed by atoms with van der Waals surface area (Å²) in [6, 6.07) is 5.03. The SMILES string of the molecule is CCc1nccc2c1-n1[c](=[Mo])[nH]c(=O)c3cc(Cl)c(nc31)-c1c(F)ccc(F)c1OCCO2. The second kappa shape index (κ2) is 8.46. The third-order valence-electron chi connectivity index (χ3n) is 5.24. The number of benzene rings is 1. The molecule has 0 fully saturated rings. The summed E-state index contributed by atoms with van der Waals surface area (Å²) in [7, 11) is 0. The molecule has 1 aromatic carbocycles. The molecule has 0 aliphatic carbocycles. The molecule has 0 amide bonds. The van der Waals surface area contributed by atoms with Crippen LogP contribution in [0, 0.1) is 15.4 Å². The zero-order chi connectivity index (χ0) is 23.3. The van der Waals surface area contributed by atoms with Crippen LogP contribution in [-0.4, -0.2) is 32.7 Å². The summed E-state index contributed by atoms with van der Waals surface area (Å²) < 4.78 is 43.3. The molecule has 1 aliphatic rings. The van der Waals surface area contributed by atoms with E-state index in [1.54, 1.807) is 36.2 Å². The van der Waals surface area contributed by atoms with Gasteiger partial charge in [0.05, 0.1) is 0 Å². The van der Waals surface area contributed by atoms with Crippen LogP contribution in [0.15, 0.2) is 35.3 Å². The third-order valence-corrected chi connectivity index (χ3v) is 6.23. The number of hydrogen-bond donors (Lipinski definition) is 1. The molecule has 0 spiro atoms. The molecule has 11 heteroatoms. The summed E-state index contributed by atoms with van der Waals surface area (Å²) in [4.78, 5) is 24.6. The van der Waals surface area contributed by atoms with Crippen molar-refractivity contribution in [2.45, 2.75) is 13.3 Å². The zero-order valence-electron chi connectivity index (χ0n) is 17.1. The first-order valence-corrected chi connectivity index (χ1v) is 11.4. The second-order valence-corrected chi connectivity index (χ2v) is 8.53. The predicted molar refractivity (Wildman–Crippen MR) is 113 cm³/mol. The number of fused-ring (bicyclic) bond motifs is 5. The molecular formula is C22H15ClF2MoN4O3. The van der Waals surface area contributed by atoms with Crippen molar-refractivity contribution in [3.63, 3.8) is 0 Å². The Labute approximate surface area is 201 Å². The zero-order valence-corrected chi connectivity index (χ0v) is 19.9. The van der Waals surface area contributed by atoms with Gasteiger partial charge < -0.3 is 0 Å². The van der Waals surface area contributed by atoms with Gasteiger partial charge in [0.15, 0.2) is 0 Å². The summed E-state index contributed by atoms with van der Waals surface area (Å²) in [5.74, 6) is -1.38. The number of rotatable bonds is 1.